The predicted molar refractivity (Wildman–Crippen MR) is 59.0 cm³/mol. The number of rotatable bonds is 3. The van der Waals surface area contributed by atoms with Crippen LogP contribution in [0.5, 0.6) is 0 Å². The fourth-order valence-electron chi connectivity index (χ4n) is 1.87. The fraction of sp³-hybridized carbons (Fsp3) is 0.727. The molecule has 0 atom stereocenters. The molecule has 2 heterocycles. The molecule has 84 valence electrons. The summed E-state index contributed by atoms with van der Waals surface area (Å²) in [5.41, 5.74) is 3.70. The highest BCUT2D eigenvalue weighted by Crippen LogP contribution is 2.09. The largest absolute Gasteiger partial charge is 0.379 e. The van der Waals surface area contributed by atoms with E-state index in [1.54, 1.807) is 0 Å². The molecule has 0 amide bonds. The summed E-state index contributed by atoms with van der Waals surface area (Å²) in [5.74, 6) is 0. The number of ether oxygens (including phenoxy) is 1. The molecule has 0 bridgehead atoms. The molecule has 0 aliphatic carbocycles. The number of nitrogens with zero attached hydrogens (tertiary/aromatic N) is 2. The number of aromatic amines is 1. The maximum absolute atomic E-state index is 5.32. The summed E-state index contributed by atoms with van der Waals surface area (Å²) < 4.78 is 5.32. The van der Waals surface area contributed by atoms with Crippen molar-refractivity contribution < 1.29 is 4.74 Å². The van der Waals surface area contributed by atoms with Crippen LogP contribution in [0, 0.1) is 13.8 Å². The van der Waals surface area contributed by atoms with Gasteiger partial charge in [-0.1, -0.05) is 0 Å². The predicted octanol–water partition coefficient (Wildman–Crippen LogP) is 0.901. The van der Waals surface area contributed by atoms with Gasteiger partial charge in [-0.05, 0) is 19.4 Å². The topological polar surface area (TPSA) is 41.2 Å². The van der Waals surface area contributed by atoms with Gasteiger partial charge in [-0.15, -0.1) is 0 Å². The van der Waals surface area contributed by atoms with E-state index >= 15 is 0 Å². The van der Waals surface area contributed by atoms with E-state index in [0.717, 1.165) is 39.3 Å². The monoisotopic (exact) mass is 209 g/mol. The lowest BCUT2D eigenvalue weighted by Gasteiger charge is -2.26. The van der Waals surface area contributed by atoms with Gasteiger partial charge in [0.05, 0.1) is 18.9 Å². The molecule has 0 saturated carbocycles. The lowest BCUT2D eigenvalue weighted by Crippen LogP contribution is -2.37. The molecule has 1 aromatic rings. The average Bonchev–Trinajstić information content (AvgIpc) is 2.59. The van der Waals surface area contributed by atoms with Crippen molar-refractivity contribution in [3.8, 4) is 0 Å². The van der Waals surface area contributed by atoms with Gasteiger partial charge < -0.3 is 4.74 Å². The van der Waals surface area contributed by atoms with Crippen molar-refractivity contribution in [1.29, 1.82) is 0 Å². The van der Waals surface area contributed by atoms with Crippen molar-refractivity contribution in [2.75, 3.05) is 32.8 Å². The van der Waals surface area contributed by atoms with Crippen LogP contribution in [0.25, 0.3) is 0 Å². The second-order valence-electron chi connectivity index (χ2n) is 4.12. The van der Waals surface area contributed by atoms with E-state index in [1.165, 1.54) is 17.0 Å². The van der Waals surface area contributed by atoms with E-state index in [9.17, 15) is 0 Å². The Morgan fingerprint density at radius 2 is 2.07 bits per heavy atom. The lowest BCUT2D eigenvalue weighted by atomic mass is 10.1. The van der Waals surface area contributed by atoms with Crippen LogP contribution in [0.2, 0.25) is 0 Å². The van der Waals surface area contributed by atoms with Gasteiger partial charge in [-0.2, -0.15) is 5.10 Å². The van der Waals surface area contributed by atoms with Crippen LogP contribution in [0.4, 0.5) is 0 Å². The maximum atomic E-state index is 5.32. The zero-order valence-corrected chi connectivity index (χ0v) is 9.55. The van der Waals surface area contributed by atoms with Crippen LogP contribution in [0.15, 0.2) is 0 Å². The van der Waals surface area contributed by atoms with Crippen molar-refractivity contribution in [2.45, 2.75) is 20.3 Å². The van der Waals surface area contributed by atoms with Crippen LogP contribution in [0.3, 0.4) is 0 Å². The molecule has 1 aliphatic heterocycles. The van der Waals surface area contributed by atoms with Crippen molar-refractivity contribution >= 4 is 0 Å². The normalized spacial score (nSPS) is 18.3. The van der Waals surface area contributed by atoms with E-state index in [-0.39, 0.29) is 0 Å². The standard InChI is InChI=1S/C11H19N3O/c1-9-10(2)12-13-11(9)3-4-14-5-7-15-8-6-14/h3-8H2,1-2H3,(H,12,13). The summed E-state index contributed by atoms with van der Waals surface area (Å²) in [4.78, 5) is 2.44. The Morgan fingerprint density at radius 3 is 2.67 bits per heavy atom. The van der Waals surface area contributed by atoms with Gasteiger partial charge in [-0.25, -0.2) is 0 Å². The summed E-state index contributed by atoms with van der Waals surface area (Å²) in [7, 11) is 0. The highest BCUT2D eigenvalue weighted by atomic mass is 16.5. The summed E-state index contributed by atoms with van der Waals surface area (Å²) in [6.07, 6.45) is 1.04. The Morgan fingerprint density at radius 1 is 1.33 bits per heavy atom. The molecular weight excluding hydrogens is 190 g/mol. The molecule has 15 heavy (non-hydrogen) atoms. The van der Waals surface area contributed by atoms with Gasteiger partial charge in [0, 0.05) is 31.7 Å². The molecule has 0 spiro atoms. The Labute approximate surface area is 90.6 Å². The molecule has 4 heteroatoms. The molecule has 0 unspecified atom stereocenters. The Balaban J connectivity index is 1.84. The van der Waals surface area contributed by atoms with Crippen molar-refractivity contribution in [3.63, 3.8) is 0 Å². The van der Waals surface area contributed by atoms with E-state index in [0.29, 0.717) is 0 Å². The zero-order valence-electron chi connectivity index (χ0n) is 9.55. The maximum Gasteiger partial charge on any atom is 0.0666 e. The fourth-order valence-corrected chi connectivity index (χ4v) is 1.87. The van der Waals surface area contributed by atoms with Gasteiger partial charge in [0.15, 0.2) is 0 Å². The first-order valence-corrected chi connectivity index (χ1v) is 5.58. The summed E-state index contributed by atoms with van der Waals surface area (Å²) in [6, 6.07) is 0. The summed E-state index contributed by atoms with van der Waals surface area (Å²) in [5, 5.41) is 7.35. The number of H-pyrrole nitrogens is 1. The molecule has 4 nitrogen and oxygen atoms in total. The molecular formula is C11H19N3O. The van der Waals surface area contributed by atoms with E-state index in [4.69, 9.17) is 4.74 Å². The van der Waals surface area contributed by atoms with Gasteiger partial charge in [0.1, 0.15) is 0 Å². The Bertz CT molecular complexity index is 316. The van der Waals surface area contributed by atoms with Crippen LogP contribution in [-0.4, -0.2) is 47.9 Å². The molecule has 1 aromatic heterocycles. The Hall–Kier alpha value is -0.870. The van der Waals surface area contributed by atoms with E-state index in [1.807, 2.05) is 0 Å². The summed E-state index contributed by atoms with van der Waals surface area (Å²) >= 11 is 0. The van der Waals surface area contributed by atoms with Crippen LogP contribution < -0.4 is 0 Å². The number of hydrogen-bond acceptors (Lipinski definition) is 3. The molecule has 1 aliphatic rings. The molecule has 2 rings (SSSR count). The quantitative estimate of drug-likeness (QED) is 0.804. The SMILES string of the molecule is Cc1[nH]nc(CCN2CCOCC2)c1C. The molecule has 1 N–H and O–H groups in total. The number of nitrogens with one attached hydrogen (secondary N) is 1. The minimum Gasteiger partial charge on any atom is -0.379 e. The van der Waals surface area contributed by atoms with Crippen molar-refractivity contribution in [2.24, 2.45) is 0 Å². The number of aryl methyl sites for hydroxylation is 1. The third-order valence-electron chi connectivity index (χ3n) is 3.12. The smallest absolute Gasteiger partial charge is 0.0666 e. The first kappa shape index (κ1) is 10.6. The number of morpholine rings is 1. The lowest BCUT2D eigenvalue weighted by molar-refractivity contribution is 0.0383. The number of aromatic nitrogens is 2. The van der Waals surface area contributed by atoms with E-state index < -0.39 is 0 Å². The van der Waals surface area contributed by atoms with Crippen LogP contribution in [0.1, 0.15) is 17.0 Å². The third-order valence-corrected chi connectivity index (χ3v) is 3.12. The van der Waals surface area contributed by atoms with Gasteiger partial charge in [-0.3, -0.25) is 10.00 Å². The Kier molecular flexibility index (Phi) is 3.38. The molecule has 1 saturated heterocycles. The first-order valence-electron chi connectivity index (χ1n) is 5.58. The molecule has 1 fully saturated rings. The van der Waals surface area contributed by atoms with Crippen LogP contribution >= 0.6 is 0 Å². The van der Waals surface area contributed by atoms with Gasteiger partial charge in [0.2, 0.25) is 0 Å². The highest BCUT2D eigenvalue weighted by Gasteiger charge is 2.12. The van der Waals surface area contributed by atoms with Gasteiger partial charge in [0.25, 0.3) is 0 Å². The number of hydrogen-bond donors (Lipinski definition) is 1. The van der Waals surface area contributed by atoms with Crippen molar-refractivity contribution in [1.82, 2.24) is 15.1 Å². The molecule has 0 radical (unpaired) electrons. The minimum absolute atomic E-state index is 0.874. The molecule has 0 aromatic carbocycles. The minimum atomic E-state index is 0.874. The second kappa shape index (κ2) is 4.77. The summed E-state index contributed by atoms with van der Waals surface area (Å²) in [6.45, 7) is 9.16. The second-order valence-corrected chi connectivity index (χ2v) is 4.12. The first-order chi connectivity index (χ1) is 7.27. The highest BCUT2D eigenvalue weighted by molar-refractivity contribution is 5.22. The third kappa shape index (κ3) is 2.58. The average molecular weight is 209 g/mol. The van der Waals surface area contributed by atoms with Gasteiger partial charge >= 0.3 is 0 Å². The zero-order chi connectivity index (χ0) is 10.7. The van der Waals surface area contributed by atoms with Crippen molar-refractivity contribution in [3.05, 3.63) is 17.0 Å². The van der Waals surface area contributed by atoms with E-state index in [2.05, 4.69) is 28.9 Å². The van der Waals surface area contributed by atoms with Crippen LogP contribution in [-0.2, 0) is 11.2 Å².